The Morgan fingerprint density at radius 1 is 1.33 bits per heavy atom. The monoisotopic (exact) mass is 455 g/mol. The molecular formula is C17H27Cl2N3O3S2. The second kappa shape index (κ2) is 9.33. The number of aliphatic imine (C=N–C) groups is 1. The van der Waals surface area contributed by atoms with Gasteiger partial charge in [-0.3, -0.25) is 4.99 Å². The van der Waals surface area contributed by atoms with Crippen molar-refractivity contribution in [3.63, 3.8) is 0 Å². The average molecular weight is 456 g/mol. The average Bonchev–Trinajstić information content (AvgIpc) is 2.81. The molecule has 0 aromatic heterocycles. The fourth-order valence-corrected chi connectivity index (χ4v) is 4.95. The van der Waals surface area contributed by atoms with E-state index in [4.69, 9.17) is 16.7 Å². The van der Waals surface area contributed by atoms with Crippen molar-refractivity contribution in [2.45, 2.75) is 38.3 Å². The molecule has 1 aromatic carbocycles. The van der Waals surface area contributed by atoms with Crippen molar-refractivity contribution in [1.82, 2.24) is 4.90 Å². The fourth-order valence-electron chi connectivity index (χ4n) is 2.67. The van der Waals surface area contributed by atoms with Gasteiger partial charge in [-0.05, 0) is 24.0 Å². The summed E-state index contributed by atoms with van der Waals surface area (Å²) in [6.45, 7) is 9.53. The lowest BCUT2D eigenvalue weighted by molar-refractivity contribution is -0.0525. The van der Waals surface area contributed by atoms with Crippen LogP contribution in [-0.4, -0.2) is 42.4 Å². The van der Waals surface area contributed by atoms with Crippen molar-refractivity contribution in [1.29, 1.82) is 0 Å². The minimum absolute atomic E-state index is 0. The molecule has 3 N–H and O–H groups in total. The lowest BCUT2D eigenvalue weighted by atomic mass is 10.0. The van der Waals surface area contributed by atoms with Crippen LogP contribution in [0.5, 0.6) is 0 Å². The second-order valence-corrected chi connectivity index (χ2v) is 10.2. The summed E-state index contributed by atoms with van der Waals surface area (Å²) < 4.78 is 23.6. The minimum atomic E-state index is -3.99. The van der Waals surface area contributed by atoms with Crippen molar-refractivity contribution in [2.24, 2.45) is 22.0 Å². The molecule has 27 heavy (non-hydrogen) atoms. The summed E-state index contributed by atoms with van der Waals surface area (Å²) in [5.74, 6) is 1.04. The Balaban J connectivity index is 0.00000364. The van der Waals surface area contributed by atoms with Gasteiger partial charge in [-0.2, -0.15) is 0 Å². The summed E-state index contributed by atoms with van der Waals surface area (Å²) in [4.78, 5) is 6.30. The van der Waals surface area contributed by atoms with E-state index in [1.54, 1.807) is 6.07 Å². The van der Waals surface area contributed by atoms with E-state index in [1.165, 1.54) is 23.9 Å². The van der Waals surface area contributed by atoms with Crippen molar-refractivity contribution in [3.8, 4) is 0 Å². The molecule has 1 aliphatic heterocycles. The zero-order chi connectivity index (χ0) is 19.7. The third kappa shape index (κ3) is 5.74. The zero-order valence-corrected chi connectivity index (χ0v) is 19.1. The van der Waals surface area contributed by atoms with E-state index >= 15 is 0 Å². The number of halogens is 2. The summed E-state index contributed by atoms with van der Waals surface area (Å²) in [6.07, 6.45) is 0. The number of hydrogen-bond acceptors (Lipinski definition) is 5. The molecule has 0 radical (unpaired) electrons. The Labute approximate surface area is 177 Å². The molecule has 154 valence electrons. The molecule has 6 nitrogen and oxygen atoms in total. The van der Waals surface area contributed by atoms with Crippen LogP contribution < -0.4 is 5.14 Å². The first-order valence-electron chi connectivity index (χ1n) is 8.45. The molecule has 0 saturated carbocycles. The van der Waals surface area contributed by atoms with Crippen LogP contribution in [0, 0.1) is 11.8 Å². The standard InChI is InChI=1S/C17H26ClN3O3S2.ClH/c1-11(2)8-20-16-21(9-12(3)4)17(22,10-25-16)13-5-6-14(18)15(7-13)26(19,23)24;/h5-7,11-12,22H,8-10H2,1-4H3,(H2,19,23,24);1H. The van der Waals surface area contributed by atoms with E-state index in [0.717, 1.165) is 5.17 Å². The lowest BCUT2D eigenvalue weighted by Crippen LogP contribution is -2.46. The maximum atomic E-state index is 11.8. The number of benzene rings is 1. The van der Waals surface area contributed by atoms with Gasteiger partial charge in [-0.25, -0.2) is 13.6 Å². The van der Waals surface area contributed by atoms with E-state index in [9.17, 15) is 13.5 Å². The van der Waals surface area contributed by atoms with Crippen LogP contribution in [-0.2, 0) is 15.7 Å². The van der Waals surface area contributed by atoms with Crippen LogP contribution in [0.1, 0.15) is 33.3 Å². The molecule has 1 unspecified atom stereocenters. The molecule has 1 saturated heterocycles. The number of thioether (sulfide) groups is 1. The molecule has 10 heteroatoms. The molecule has 1 heterocycles. The number of aliphatic hydroxyl groups is 1. The Hall–Kier alpha value is -0.510. The molecule has 0 aliphatic carbocycles. The first-order chi connectivity index (χ1) is 11.9. The topological polar surface area (TPSA) is 96.0 Å². The highest BCUT2D eigenvalue weighted by Crippen LogP contribution is 2.41. The number of rotatable bonds is 6. The summed E-state index contributed by atoms with van der Waals surface area (Å²) >= 11 is 7.45. The summed E-state index contributed by atoms with van der Waals surface area (Å²) in [5, 5.41) is 17.5. The highest BCUT2D eigenvalue weighted by molar-refractivity contribution is 8.14. The molecule has 0 amide bonds. The summed E-state index contributed by atoms with van der Waals surface area (Å²) in [6, 6.07) is 4.45. The first kappa shape index (κ1) is 24.5. The van der Waals surface area contributed by atoms with E-state index in [-0.39, 0.29) is 28.2 Å². The van der Waals surface area contributed by atoms with Gasteiger partial charge in [-0.1, -0.05) is 57.1 Å². The Morgan fingerprint density at radius 3 is 2.48 bits per heavy atom. The fraction of sp³-hybridized carbons (Fsp3) is 0.588. The number of amidine groups is 1. The number of sulfonamides is 1. The lowest BCUT2D eigenvalue weighted by Gasteiger charge is -2.36. The van der Waals surface area contributed by atoms with Gasteiger partial charge in [0.2, 0.25) is 10.0 Å². The molecule has 0 spiro atoms. The number of hydrogen-bond donors (Lipinski definition) is 2. The molecular weight excluding hydrogens is 429 g/mol. The van der Waals surface area contributed by atoms with Gasteiger partial charge in [0.05, 0.1) is 10.8 Å². The first-order valence-corrected chi connectivity index (χ1v) is 11.4. The Kier molecular flexibility index (Phi) is 8.47. The predicted molar refractivity (Wildman–Crippen MR) is 115 cm³/mol. The normalized spacial score (nSPS) is 22.0. The maximum Gasteiger partial charge on any atom is 0.239 e. The highest BCUT2D eigenvalue weighted by Gasteiger charge is 2.45. The van der Waals surface area contributed by atoms with Crippen molar-refractivity contribution < 1.29 is 13.5 Å². The van der Waals surface area contributed by atoms with Crippen LogP contribution in [0.4, 0.5) is 0 Å². The van der Waals surface area contributed by atoms with Gasteiger partial charge in [0.15, 0.2) is 10.9 Å². The number of primary sulfonamides is 1. The molecule has 0 bridgehead atoms. The van der Waals surface area contributed by atoms with Crippen LogP contribution in [0.25, 0.3) is 0 Å². The van der Waals surface area contributed by atoms with Crippen molar-refractivity contribution in [3.05, 3.63) is 28.8 Å². The Bertz CT molecular complexity index is 801. The summed E-state index contributed by atoms with van der Waals surface area (Å²) in [7, 11) is -3.99. The van der Waals surface area contributed by atoms with E-state index in [0.29, 0.717) is 30.3 Å². The highest BCUT2D eigenvalue weighted by atomic mass is 35.5. The van der Waals surface area contributed by atoms with Gasteiger partial charge >= 0.3 is 0 Å². The molecule has 1 fully saturated rings. The van der Waals surface area contributed by atoms with Crippen LogP contribution >= 0.6 is 35.8 Å². The number of nitrogens with zero attached hydrogens (tertiary/aromatic N) is 2. The molecule has 1 aliphatic rings. The van der Waals surface area contributed by atoms with Gasteiger partial charge in [0, 0.05) is 18.7 Å². The maximum absolute atomic E-state index is 11.8. The minimum Gasteiger partial charge on any atom is -0.366 e. The molecule has 2 rings (SSSR count). The second-order valence-electron chi connectivity index (χ2n) is 7.32. The third-order valence-corrected chi connectivity index (χ3v) is 6.47. The van der Waals surface area contributed by atoms with E-state index < -0.39 is 15.7 Å². The number of nitrogens with two attached hydrogens (primary N) is 1. The van der Waals surface area contributed by atoms with E-state index in [2.05, 4.69) is 32.7 Å². The smallest absolute Gasteiger partial charge is 0.239 e. The molecule has 1 atom stereocenters. The predicted octanol–water partition coefficient (Wildman–Crippen LogP) is 3.27. The quantitative estimate of drug-likeness (QED) is 0.685. The van der Waals surface area contributed by atoms with Gasteiger partial charge in [0.1, 0.15) is 4.90 Å². The SMILES string of the molecule is CC(C)CN=C1SCC(O)(c2ccc(Cl)c(S(N)(=O)=O)c2)N1CC(C)C.Cl. The van der Waals surface area contributed by atoms with Crippen LogP contribution in [0.3, 0.4) is 0 Å². The van der Waals surface area contributed by atoms with E-state index in [1.807, 2.05) is 4.90 Å². The Morgan fingerprint density at radius 2 is 1.96 bits per heavy atom. The van der Waals surface area contributed by atoms with Crippen molar-refractivity contribution >= 4 is 51.0 Å². The zero-order valence-electron chi connectivity index (χ0n) is 15.8. The molecule has 1 aromatic rings. The summed E-state index contributed by atoms with van der Waals surface area (Å²) in [5.41, 5.74) is -0.928. The van der Waals surface area contributed by atoms with Crippen molar-refractivity contribution in [2.75, 3.05) is 18.8 Å². The third-order valence-electron chi connectivity index (χ3n) is 3.92. The van der Waals surface area contributed by atoms with Gasteiger partial charge < -0.3 is 10.0 Å². The van der Waals surface area contributed by atoms with Crippen LogP contribution in [0.2, 0.25) is 5.02 Å². The van der Waals surface area contributed by atoms with Crippen LogP contribution in [0.15, 0.2) is 28.1 Å². The van der Waals surface area contributed by atoms with Gasteiger partial charge in [0.25, 0.3) is 0 Å². The largest absolute Gasteiger partial charge is 0.366 e. The van der Waals surface area contributed by atoms with Gasteiger partial charge in [-0.15, -0.1) is 12.4 Å².